The van der Waals surface area contributed by atoms with Gasteiger partial charge < -0.3 is 19.7 Å². The molecule has 146 valence electrons. The summed E-state index contributed by atoms with van der Waals surface area (Å²) in [6, 6.07) is 10.5. The van der Waals surface area contributed by atoms with Crippen LogP contribution in [0.3, 0.4) is 0 Å². The molecule has 0 bridgehead atoms. The fourth-order valence-corrected chi connectivity index (χ4v) is 3.47. The summed E-state index contributed by atoms with van der Waals surface area (Å²) in [5, 5.41) is 3.64. The summed E-state index contributed by atoms with van der Waals surface area (Å²) in [7, 11) is 1.67. The number of piperidine rings is 1. The van der Waals surface area contributed by atoms with Crippen LogP contribution in [-0.2, 0) is 13.2 Å². The molecule has 1 saturated heterocycles. The highest BCUT2D eigenvalue weighted by molar-refractivity contribution is 5.43. The van der Waals surface area contributed by atoms with Crippen molar-refractivity contribution < 1.29 is 9.47 Å². The third-order valence-corrected chi connectivity index (χ3v) is 4.98. The molecule has 27 heavy (non-hydrogen) atoms. The van der Waals surface area contributed by atoms with Crippen LogP contribution in [0.1, 0.15) is 37.3 Å². The monoisotopic (exact) mass is 369 g/mol. The van der Waals surface area contributed by atoms with Gasteiger partial charge in [-0.2, -0.15) is 0 Å². The number of hydrogen-bond donors (Lipinski definition) is 1. The lowest BCUT2D eigenvalue weighted by atomic mass is 10.1. The fourth-order valence-electron chi connectivity index (χ4n) is 3.47. The molecule has 1 aromatic heterocycles. The Morgan fingerprint density at radius 3 is 2.70 bits per heavy atom. The molecular formula is C22H31N3O2. The zero-order chi connectivity index (χ0) is 18.9. The van der Waals surface area contributed by atoms with Crippen molar-refractivity contribution in [2.45, 2.75) is 45.4 Å². The van der Waals surface area contributed by atoms with E-state index in [4.69, 9.17) is 9.47 Å². The molecule has 0 saturated carbocycles. The average Bonchev–Trinajstić information content (AvgIpc) is 2.72. The highest BCUT2D eigenvalue weighted by Crippen LogP contribution is 2.29. The summed E-state index contributed by atoms with van der Waals surface area (Å²) in [5.74, 6) is 1.52. The Morgan fingerprint density at radius 1 is 1.11 bits per heavy atom. The summed E-state index contributed by atoms with van der Waals surface area (Å²) in [4.78, 5) is 6.70. The van der Waals surface area contributed by atoms with E-state index >= 15 is 0 Å². The summed E-state index contributed by atoms with van der Waals surface area (Å²) in [6.45, 7) is 7.15. The second-order valence-corrected chi connectivity index (χ2v) is 7.28. The van der Waals surface area contributed by atoms with Gasteiger partial charge >= 0.3 is 0 Å². The van der Waals surface area contributed by atoms with Crippen LogP contribution in [0, 0.1) is 0 Å². The van der Waals surface area contributed by atoms with Crippen LogP contribution in [0.2, 0.25) is 0 Å². The van der Waals surface area contributed by atoms with Crippen LogP contribution in [-0.4, -0.2) is 42.7 Å². The van der Waals surface area contributed by atoms with E-state index in [1.54, 1.807) is 13.3 Å². The molecule has 1 unspecified atom stereocenters. The third kappa shape index (κ3) is 6.22. The van der Waals surface area contributed by atoms with Crippen molar-refractivity contribution >= 4 is 0 Å². The van der Waals surface area contributed by atoms with Crippen molar-refractivity contribution in [1.29, 1.82) is 0 Å². The second-order valence-electron chi connectivity index (χ2n) is 7.28. The van der Waals surface area contributed by atoms with E-state index in [1.807, 2.05) is 24.4 Å². The maximum absolute atomic E-state index is 5.98. The molecule has 5 heteroatoms. The highest BCUT2D eigenvalue weighted by Gasteiger charge is 2.13. The van der Waals surface area contributed by atoms with Crippen molar-refractivity contribution in [3.8, 4) is 11.5 Å². The number of pyridine rings is 1. The molecule has 0 radical (unpaired) electrons. The maximum Gasteiger partial charge on any atom is 0.161 e. The Labute approximate surface area is 162 Å². The summed E-state index contributed by atoms with van der Waals surface area (Å²) >= 11 is 0. The van der Waals surface area contributed by atoms with Gasteiger partial charge in [0, 0.05) is 37.1 Å². The molecule has 0 spiro atoms. The topological polar surface area (TPSA) is 46.6 Å². The molecule has 1 N–H and O–H groups in total. The van der Waals surface area contributed by atoms with Crippen molar-refractivity contribution in [2.75, 3.05) is 26.7 Å². The minimum atomic E-state index is 0.463. The molecule has 3 rings (SSSR count). The number of methoxy groups -OCH3 is 1. The number of aromatic nitrogens is 1. The van der Waals surface area contributed by atoms with E-state index in [9.17, 15) is 0 Å². The van der Waals surface area contributed by atoms with Crippen molar-refractivity contribution in [3.05, 3.63) is 53.9 Å². The van der Waals surface area contributed by atoms with Gasteiger partial charge in [0.1, 0.15) is 6.61 Å². The van der Waals surface area contributed by atoms with E-state index < -0.39 is 0 Å². The van der Waals surface area contributed by atoms with Crippen LogP contribution < -0.4 is 14.8 Å². The first kappa shape index (κ1) is 19.6. The lowest BCUT2D eigenvalue weighted by Crippen LogP contribution is -2.41. The minimum absolute atomic E-state index is 0.463. The Morgan fingerprint density at radius 2 is 1.96 bits per heavy atom. The Hall–Kier alpha value is -2.11. The number of nitrogens with one attached hydrogen (secondary N) is 1. The first-order chi connectivity index (χ1) is 13.2. The van der Waals surface area contributed by atoms with E-state index in [0.717, 1.165) is 30.2 Å². The SMILES string of the molecule is COc1ccc(CNC(C)CN2CCCCC2)cc1OCc1cccnc1. The molecule has 1 aliphatic heterocycles. The van der Waals surface area contributed by atoms with Crippen LogP contribution in [0.5, 0.6) is 11.5 Å². The minimum Gasteiger partial charge on any atom is -0.493 e. The average molecular weight is 370 g/mol. The van der Waals surface area contributed by atoms with Gasteiger partial charge in [0.25, 0.3) is 0 Å². The standard InChI is InChI=1S/C22H31N3O2/c1-18(16-25-11-4-3-5-12-25)24-15-19-8-9-21(26-2)22(13-19)27-17-20-7-6-10-23-14-20/h6-10,13-14,18,24H,3-5,11-12,15-17H2,1-2H3. The molecular weight excluding hydrogens is 338 g/mol. The molecule has 5 nitrogen and oxygen atoms in total. The van der Waals surface area contributed by atoms with Gasteiger partial charge in [-0.1, -0.05) is 18.6 Å². The quantitative estimate of drug-likeness (QED) is 0.731. The highest BCUT2D eigenvalue weighted by atomic mass is 16.5. The number of benzene rings is 1. The van der Waals surface area contributed by atoms with E-state index in [1.165, 1.54) is 37.9 Å². The zero-order valence-corrected chi connectivity index (χ0v) is 16.5. The van der Waals surface area contributed by atoms with E-state index in [2.05, 4.69) is 34.3 Å². The van der Waals surface area contributed by atoms with E-state index in [-0.39, 0.29) is 0 Å². The normalized spacial score (nSPS) is 16.1. The van der Waals surface area contributed by atoms with Crippen molar-refractivity contribution in [2.24, 2.45) is 0 Å². The molecule has 0 amide bonds. The first-order valence-corrected chi connectivity index (χ1v) is 9.89. The van der Waals surface area contributed by atoms with Gasteiger partial charge in [0.2, 0.25) is 0 Å². The van der Waals surface area contributed by atoms with Gasteiger partial charge in [0.15, 0.2) is 11.5 Å². The Kier molecular flexibility index (Phi) is 7.48. The molecule has 1 fully saturated rings. The lowest BCUT2D eigenvalue weighted by Gasteiger charge is -2.29. The Balaban J connectivity index is 1.53. The van der Waals surface area contributed by atoms with Gasteiger partial charge in [-0.25, -0.2) is 0 Å². The van der Waals surface area contributed by atoms with Crippen molar-refractivity contribution in [1.82, 2.24) is 15.2 Å². The van der Waals surface area contributed by atoms with Gasteiger partial charge in [-0.05, 0) is 56.6 Å². The van der Waals surface area contributed by atoms with E-state index in [0.29, 0.717) is 12.6 Å². The number of ether oxygens (including phenoxy) is 2. The van der Waals surface area contributed by atoms with Gasteiger partial charge in [-0.3, -0.25) is 4.98 Å². The predicted molar refractivity (Wildman–Crippen MR) is 108 cm³/mol. The van der Waals surface area contributed by atoms with Crippen LogP contribution >= 0.6 is 0 Å². The summed E-state index contributed by atoms with van der Waals surface area (Å²) in [5.41, 5.74) is 2.24. The Bertz CT molecular complexity index is 687. The maximum atomic E-state index is 5.98. The first-order valence-electron chi connectivity index (χ1n) is 9.89. The summed E-state index contributed by atoms with van der Waals surface area (Å²) < 4.78 is 11.4. The smallest absolute Gasteiger partial charge is 0.161 e. The number of rotatable bonds is 9. The molecule has 0 aliphatic carbocycles. The van der Waals surface area contributed by atoms with Crippen molar-refractivity contribution in [3.63, 3.8) is 0 Å². The second kappa shape index (κ2) is 10.3. The molecule has 1 aliphatic rings. The van der Waals surface area contributed by atoms with Crippen LogP contribution in [0.15, 0.2) is 42.7 Å². The fraction of sp³-hybridized carbons (Fsp3) is 0.500. The molecule has 2 heterocycles. The van der Waals surface area contributed by atoms with Gasteiger partial charge in [0.05, 0.1) is 7.11 Å². The molecule has 2 aromatic rings. The lowest BCUT2D eigenvalue weighted by molar-refractivity contribution is 0.209. The summed E-state index contributed by atoms with van der Waals surface area (Å²) in [6.07, 6.45) is 7.64. The molecule has 1 atom stereocenters. The van der Waals surface area contributed by atoms with Gasteiger partial charge in [-0.15, -0.1) is 0 Å². The zero-order valence-electron chi connectivity index (χ0n) is 16.5. The van der Waals surface area contributed by atoms with Crippen LogP contribution in [0.25, 0.3) is 0 Å². The predicted octanol–water partition coefficient (Wildman–Crippen LogP) is 3.63. The number of nitrogens with zero attached hydrogens (tertiary/aromatic N) is 2. The number of hydrogen-bond acceptors (Lipinski definition) is 5. The largest absolute Gasteiger partial charge is 0.493 e. The molecule has 1 aromatic carbocycles. The third-order valence-electron chi connectivity index (χ3n) is 4.98. The number of likely N-dealkylation sites (tertiary alicyclic amines) is 1. The van der Waals surface area contributed by atoms with Crippen LogP contribution in [0.4, 0.5) is 0 Å².